The van der Waals surface area contributed by atoms with E-state index in [0.29, 0.717) is 11.5 Å². The third-order valence-corrected chi connectivity index (χ3v) is 4.05. The molecule has 16 heavy (non-hydrogen) atoms. The van der Waals surface area contributed by atoms with Gasteiger partial charge in [0.05, 0.1) is 0 Å². The van der Waals surface area contributed by atoms with Gasteiger partial charge in [0.2, 0.25) is 0 Å². The zero-order valence-electron chi connectivity index (χ0n) is 11.7. The van der Waals surface area contributed by atoms with Crippen LogP contribution in [0.1, 0.15) is 53.4 Å². The Kier molecular flexibility index (Phi) is 5.77. The maximum absolute atomic E-state index is 3.71. The summed E-state index contributed by atoms with van der Waals surface area (Å²) in [4.78, 5) is 2.61. The first-order chi connectivity index (χ1) is 7.60. The second-order valence-corrected chi connectivity index (χ2v) is 5.85. The number of piperidine rings is 1. The maximum atomic E-state index is 3.71. The van der Waals surface area contributed by atoms with Crippen molar-refractivity contribution in [3.05, 3.63) is 0 Å². The molecule has 96 valence electrons. The highest BCUT2D eigenvalue weighted by atomic mass is 15.1. The predicted octanol–water partition coefficient (Wildman–Crippen LogP) is 2.89. The molecule has 0 aromatic heterocycles. The molecule has 0 aromatic rings. The molecule has 1 unspecified atom stereocenters. The second-order valence-electron chi connectivity index (χ2n) is 5.85. The first kappa shape index (κ1) is 14.0. The summed E-state index contributed by atoms with van der Waals surface area (Å²) in [7, 11) is 0. The third kappa shape index (κ3) is 4.06. The lowest BCUT2D eigenvalue weighted by atomic mass is 9.77. The van der Waals surface area contributed by atoms with Gasteiger partial charge in [0.25, 0.3) is 0 Å². The number of likely N-dealkylation sites (N-methyl/N-ethyl adjacent to an activating group) is 1. The molecule has 1 rings (SSSR count). The van der Waals surface area contributed by atoms with E-state index in [0.717, 1.165) is 0 Å². The van der Waals surface area contributed by atoms with Crippen molar-refractivity contribution in [2.45, 2.75) is 59.4 Å². The van der Waals surface area contributed by atoms with Gasteiger partial charge in [-0.3, -0.25) is 0 Å². The van der Waals surface area contributed by atoms with Crippen LogP contribution >= 0.6 is 0 Å². The van der Waals surface area contributed by atoms with Crippen molar-refractivity contribution in [1.29, 1.82) is 0 Å². The first-order valence-corrected chi connectivity index (χ1v) is 7.06. The van der Waals surface area contributed by atoms with E-state index in [9.17, 15) is 0 Å². The molecule has 1 atom stereocenters. The Balaban J connectivity index is 2.42. The average Bonchev–Trinajstić information content (AvgIpc) is 2.26. The van der Waals surface area contributed by atoms with Gasteiger partial charge in [-0.05, 0) is 44.3 Å². The summed E-state index contributed by atoms with van der Waals surface area (Å²) in [6, 6.07) is 0.679. The lowest BCUT2D eigenvalue weighted by Crippen LogP contribution is -2.53. The van der Waals surface area contributed by atoms with E-state index in [2.05, 4.69) is 37.9 Å². The van der Waals surface area contributed by atoms with Gasteiger partial charge in [-0.15, -0.1) is 0 Å². The topological polar surface area (TPSA) is 15.3 Å². The monoisotopic (exact) mass is 226 g/mol. The normalized spacial score (nSPS) is 24.9. The average molecular weight is 226 g/mol. The van der Waals surface area contributed by atoms with Crippen LogP contribution in [0.2, 0.25) is 0 Å². The molecule has 1 saturated heterocycles. The summed E-state index contributed by atoms with van der Waals surface area (Å²) in [6.07, 6.45) is 5.35. The molecule has 0 amide bonds. The fourth-order valence-electron chi connectivity index (χ4n) is 2.60. The van der Waals surface area contributed by atoms with Crippen LogP contribution in [0.3, 0.4) is 0 Å². The zero-order valence-corrected chi connectivity index (χ0v) is 11.7. The van der Waals surface area contributed by atoms with Crippen LogP contribution < -0.4 is 5.32 Å². The van der Waals surface area contributed by atoms with E-state index >= 15 is 0 Å². The Morgan fingerprint density at radius 1 is 1.31 bits per heavy atom. The van der Waals surface area contributed by atoms with Crippen LogP contribution in [-0.2, 0) is 0 Å². The minimum atomic E-state index is 0.470. The summed E-state index contributed by atoms with van der Waals surface area (Å²) in [5.74, 6) is 0. The van der Waals surface area contributed by atoms with Crippen molar-refractivity contribution < 1.29 is 0 Å². The van der Waals surface area contributed by atoms with Crippen molar-refractivity contribution in [2.75, 3.05) is 26.2 Å². The molecule has 0 spiro atoms. The van der Waals surface area contributed by atoms with Crippen LogP contribution in [-0.4, -0.2) is 37.1 Å². The number of nitrogens with zero attached hydrogens (tertiary/aromatic N) is 1. The molecule has 1 N–H and O–H groups in total. The Bertz CT molecular complexity index is 189. The van der Waals surface area contributed by atoms with Gasteiger partial charge in [0.1, 0.15) is 0 Å². The largest absolute Gasteiger partial charge is 0.312 e. The van der Waals surface area contributed by atoms with Crippen molar-refractivity contribution in [3.8, 4) is 0 Å². The lowest BCUT2D eigenvalue weighted by molar-refractivity contribution is 0.128. The van der Waals surface area contributed by atoms with Gasteiger partial charge in [0.15, 0.2) is 0 Å². The second kappa shape index (κ2) is 6.61. The standard InChI is InChI=1S/C14H30N2/c1-5-7-11-16(6-2)12-13-14(3,4)9-8-10-15-13/h13,15H,5-12H2,1-4H3. The van der Waals surface area contributed by atoms with E-state index in [1.54, 1.807) is 0 Å². The Hall–Kier alpha value is -0.0800. The number of hydrogen-bond acceptors (Lipinski definition) is 2. The van der Waals surface area contributed by atoms with Crippen molar-refractivity contribution in [3.63, 3.8) is 0 Å². The Morgan fingerprint density at radius 2 is 2.06 bits per heavy atom. The predicted molar refractivity (Wildman–Crippen MR) is 71.8 cm³/mol. The van der Waals surface area contributed by atoms with Crippen LogP contribution in [0.4, 0.5) is 0 Å². The molecule has 2 heteroatoms. The molecule has 0 radical (unpaired) electrons. The van der Waals surface area contributed by atoms with Crippen molar-refractivity contribution in [2.24, 2.45) is 5.41 Å². The SMILES string of the molecule is CCCCN(CC)CC1NCCCC1(C)C. The zero-order chi connectivity index (χ0) is 12.0. The van der Waals surface area contributed by atoms with Crippen LogP contribution in [0.5, 0.6) is 0 Å². The molecule has 0 bridgehead atoms. The number of hydrogen-bond donors (Lipinski definition) is 1. The fourth-order valence-corrected chi connectivity index (χ4v) is 2.60. The number of unbranched alkanes of at least 4 members (excludes halogenated alkanes) is 1. The molecule has 0 aliphatic carbocycles. The third-order valence-electron chi connectivity index (χ3n) is 4.05. The molecular weight excluding hydrogens is 196 g/mol. The van der Waals surface area contributed by atoms with E-state index in [4.69, 9.17) is 0 Å². The van der Waals surface area contributed by atoms with Gasteiger partial charge < -0.3 is 10.2 Å². The van der Waals surface area contributed by atoms with Gasteiger partial charge in [-0.1, -0.05) is 34.1 Å². The molecule has 1 aliphatic heterocycles. The summed E-state index contributed by atoms with van der Waals surface area (Å²) in [5.41, 5.74) is 0.470. The Labute approximate surface area is 102 Å². The fraction of sp³-hybridized carbons (Fsp3) is 1.00. The summed E-state index contributed by atoms with van der Waals surface area (Å²) in [6.45, 7) is 14.3. The quantitative estimate of drug-likeness (QED) is 0.749. The molecular formula is C14H30N2. The summed E-state index contributed by atoms with van der Waals surface area (Å²) >= 11 is 0. The highest BCUT2D eigenvalue weighted by Crippen LogP contribution is 2.30. The van der Waals surface area contributed by atoms with E-state index in [-0.39, 0.29) is 0 Å². The highest BCUT2D eigenvalue weighted by molar-refractivity contribution is 4.90. The summed E-state index contributed by atoms with van der Waals surface area (Å²) < 4.78 is 0. The molecule has 0 saturated carbocycles. The van der Waals surface area contributed by atoms with Gasteiger partial charge in [-0.2, -0.15) is 0 Å². The van der Waals surface area contributed by atoms with Gasteiger partial charge >= 0.3 is 0 Å². The summed E-state index contributed by atoms with van der Waals surface area (Å²) in [5, 5.41) is 3.71. The maximum Gasteiger partial charge on any atom is 0.0246 e. The van der Waals surface area contributed by atoms with Gasteiger partial charge in [0, 0.05) is 12.6 Å². The van der Waals surface area contributed by atoms with Crippen LogP contribution in [0.25, 0.3) is 0 Å². The van der Waals surface area contributed by atoms with Crippen LogP contribution in [0.15, 0.2) is 0 Å². The lowest BCUT2D eigenvalue weighted by Gasteiger charge is -2.42. The minimum absolute atomic E-state index is 0.470. The van der Waals surface area contributed by atoms with E-state index in [1.807, 2.05) is 0 Å². The molecule has 2 nitrogen and oxygen atoms in total. The highest BCUT2D eigenvalue weighted by Gasteiger charge is 2.32. The molecule has 1 fully saturated rings. The van der Waals surface area contributed by atoms with Crippen molar-refractivity contribution in [1.82, 2.24) is 10.2 Å². The molecule has 1 aliphatic rings. The number of rotatable bonds is 6. The smallest absolute Gasteiger partial charge is 0.0246 e. The van der Waals surface area contributed by atoms with E-state index < -0.39 is 0 Å². The molecule has 1 heterocycles. The van der Waals surface area contributed by atoms with Crippen molar-refractivity contribution >= 4 is 0 Å². The minimum Gasteiger partial charge on any atom is -0.312 e. The molecule has 0 aromatic carbocycles. The Morgan fingerprint density at radius 3 is 2.62 bits per heavy atom. The van der Waals surface area contributed by atoms with Gasteiger partial charge in [-0.25, -0.2) is 0 Å². The van der Waals surface area contributed by atoms with Crippen LogP contribution in [0, 0.1) is 5.41 Å². The first-order valence-electron chi connectivity index (χ1n) is 7.06. The van der Waals surface area contributed by atoms with E-state index in [1.165, 1.54) is 51.9 Å². The number of nitrogens with one attached hydrogen (secondary N) is 1.